The van der Waals surface area contributed by atoms with Crippen molar-refractivity contribution < 1.29 is 19.2 Å². The van der Waals surface area contributed by atoms with E-state index in [1.807, 2.05) is 74.5 Å². The topological polar surface area (TPSA) is 68.3 Å². The van der Waals surface area contributed by atoms with Crippen LogP contribution in [0.5, 0.6) is 0 Å². The number of fused-ring (bicyclic) bond motifs is 2. The normalized spacial score (nSPS) is 31.6. The summed E-state index contributed by atoms with van der Waals surface area (Å²) in [6.07, 6.45) is 3.91. The van der Waals surface area contributed by atoms with Gasteiger partial charge in [0.15, 0.2) is 0 Å². The predicted octanol–water partition coefficient (Wildman–Crippen LogP) is 4.56. The highest BCUT2D eigenvalue weighted by molar-refractivity contribution is 5.99. The van der Waals surface area contributed by atoms with Crippen LogP contribution in [-0.4, -0.2) is 23.1 Å². The van der Waals surface area contributed by atoms with Crippen LogP contribution in [0.4, 0.5) is 0 Å². The maximum Gasteiger partial charge on any atom is 0.142 e. The van der Waals surface area contributed by atoms with Gasteiger partial charge in [0.05, 0.1) is 0 Å². The molecule has 0 aliphatic heterocycles. The van der Waals surface area contributed by atoms with Gasteiger partial charge in [0, 0.05) is 46.8 Å². The number of hydrogen-bond acceptors (Lipinski definition) is 4. The molecule has 0 aromatic heterocycles. The molecular formula is C25H38O4. The molecule has 0 radical (unpaired) electrons. The van der Waals surface area contributed by atoms with Crippen LogP contribution in [-0.2, 0) is 19.2 Å². The van der Waals surface area contributed by atoms with Crippen molar-refractivity contribution in [2.24, 2.45) is 58.7 Å². The second kappa shape index (κ2) is 8.28. The summed E-state index contributed by atoms with van der Waals surface area (Å²) in [6.45, 7) is 16.7. The summed E-state index contributed by atoms with van der Waals surface area (Å²) in [6, 6.07) is 0. The molecule has 1 fully saturated rings. The first-order valence-corrected chi connectivity index (χ1v) is 11.1. The molecule has 3 aliphatic carbocycles. The molecule has 3 aliphatic rings. The number of ketones is 4. The van der Waals surface area contributed by atoms with Gasteiger partial charge >= 0.3 is 0 Å². The largest absolute Gasteiger partial charge is 0.299 e. The minimum Gasteiger partial charge on any atom is -0.299 e. The van der Waals surface area contributed by atoms with E-state index in [1.165, 1.54) is 0 Å². The number of allylic oxidation sites excluding steroid dienone is 2. The molecule has 0 aromatic carbocycles. The fourth-order valence-corrected chi connectivity index (χ4v) is 5.23. The van der Waals surface area contributed by atoms with Crippen LogP contribution in [0.2, 0.25) is 0 Å². The van der Waals surface area contributed by atoms with Crippen molar-refractivity contribution >= 4 is 23.1 Å². The minimum absolute atomic E-state index is 0.0212. The van der Waals surface area contributed by atoms with Gasteiger partial charge in [-0.15, -0.1) is 0 Å². The summed E-state index contributed by atoms with van der Waals surface area (Å²) in [5.41, 5.74) is -0.617. The Balaban J connectivity index is 2.69. The average Bonchev–Trinajstić information content (AvgIpc) is 2.63. The van der Waals surface area contributed by atoms with E-state index in [0.29, 0.717) is 0 Å². The zero-order chi connectivity index (χ0) is 22.4. The van der Waals surface area contributed by atoms with Gasteiger partial charge < -0.3 is 0 Å². The molecule has 6 unspecified atom stereocenters. The van der Waals surface area contributed by atoms with Crippen molar-refractivity contribution in [1.29, 1.82) is 0 Å². The lowest BCUT2D eigenvalue weighted by atomic mass is 9.47. The molecule has 0 spiro atoms. The Labute approximate surface area is 175 Å². The fraction of sp³-hybridized carbons (Fsp3) is 0.760. The third kappa shape index (κ3) is 4.18. The van der Waals surface area contributed by atoms with Crippen LogP contribution >= 0.6 is 0 Å². The second-order valence-electron chi connectivity index (χ2n) is 10.9. The molecule has 0 N–H and O–H groups in total. The number of rotatable bonds is 7. The third-order valence-electron chi connectivity index (χ3n) is 6.72. The molecule has 29 heavy (non-hydrogen) atoms. The van der Waals surface area contributed by atoms with E-state index < -0.39 is 29.1 Å². The Morgan fingerprint density at radius 1 is 0.586 bits per heavy atom. The van der Waals surface area contributed by atoms with Gasteiger partial charge in [0.1, 0.15) is 23.1 Å². The Morgan fingerprint density at radius 2 is 0.862 bits per heavy atom. The van der Waals surface area contributed by atoms with Crippen LogP contribution in [0.15, 0.2) is 12.2 Å². The summed E-state index contributed by atoms with van der Waals surface area (Å²) in [5.74, 6) is -3.42. The Hall–Kier alpha value is -1.58. The monoisotopic (exact) mass is 402 g/mol. The minimum atomic E-state index is -0.617. The number of carbonyl (C=O) groups is 4. The van der Waals surface area contributed by atoms with Crippen molar-refractivity contribution in [1.82, 2.24) is 0 Å². The smallest absolute Gasteiger partial charge is 0.142 e. The second-order valence-corrected chi connectivity index (χ2v) is 10.9. The van der Waals surface area contributed by atoms with Crippen LogP contribution < -0.4 is 0 Å². The van der Waals surface area contributed by atoms with E-state index in [-0.39, 0.29) is 52.7 Å². The van der Waals surface area contributed by atoms with E-state index in [1.54, 1.807) is 0 Å². The molecule has 6 atom stereocenters. The van der Waals surface area contributed by atoms with Crippen molar-refractivity contribution in [3.8, 4) is 0 Å². The summed E-state index contributed by atoms with van der Waals surface area (Å²) < 4.78 is 0. The van der Waals surface area contributed by atoms with Gasteiger partial charge in [-0.2, -0.15) is 0 Å². The maximum atomic E-state index is 13.5. The fourth-order valence-electron chi connectivity index (χ4n) is 5.23. The van der Waals surface area contributed by atoms with Crippen molar-refractivity contribution in [3.05, 3.63) is 12.2 Å². The summed E-state index contributed by atoms with van der Waals surface area (Å²) >= 11 is 0. The molecule has 2 bridgehead atoms. The zero-order valence-electron chi connectivity index (χ0n) is 19.5. The van der Waals surface area contributed by atoms with Crippen LogP contribution in [0, 0.1) is 58.7 Å². The maximum absolute atomic E-state index is 13.5. The lowest BCUT2D eigenvalue weighted by Gasteiger charge is -2.53. The Morgan fingerprint density at radius 3 is 1.14 bits per heavy atom. The lowest BCUT2D eigenvalue weighted by Crippen LogP contribution is -2.60. The Bertz CT molecular complexity index is 720. The van der Waals surface area contributed by atoms with E-state index in [0.717, 1.165) is 0 Å². The molecule has 0 saturated heterocycles. The summed E-state index contributed by atoms with van der Waals surface area (Å²) in [7, 11) is 0. The summed E-state index contributed by atoms with van der Waals surface area (Å²) in [5, 5.41) is 0. The van der Waals surface area contributed by atoms with E-state index >= 15 is 0 Å². The number of Topliss-reactive ketones (excluding diaryl/α,β-unsaturated/α-hetero) is 4. The van der Waals surface area contributed by atoms with Gasteiger partial charge in [-0.25, -0.2) is 0 Å². The van der Waals surface area contributed by atoms with E-state index in [4.69, 9.17) is 0 Å². The standard InChI is InChI=1S/C25H38O4/c1-12(2)21(26)17-15-10-11-16(18(17)22(27)13(3)4)20(24(29)25(7,8)9)19(15)23(28)14(5)6/h10-20H,1-9H3. The first-order valence-electron chi connectivity index (χ1n) is 11.1. The molecule has 4 nitrogen and oxygen atoms in total. The van der Waals surface area contributed by atoms with Crippen molar-refractivity contribution in [2.45, 2.75) is 62.3 Å². The van der Waals surface area contributed by atoms with Gasteiger partial charge in [0.2, 0.25) is 0 Å². The van der Waals surface area contributed by atoms with Crippen LogP contribution in [0.1, 0.15) is 62.3 Å². The first-order chi connectivity index (χ1) is 13.2. The molecule has 1 saturated carbocycles. The van der Waals surface area contributed by atoms with Gasteiger partial charge in [-0.3, -0.25) is 19.2 Å². The average molecular weight is 403 g/mol. The van der Waals surface area contributed by atoms with Crippen LogP contribution in [0.3, 0.4) is 0 Å². The van der Waals surface area contributed by atoms with E-state index in [9.17, 15) is 19.2 Å². The van der Waals surface area contributed by atoms with Gasteiger partial charge in [-0.1, -0.05) is 74.5 Å². The van der Waals surface area contributed by atoms with Gasteiger partial charge in [-0.05, 0) is 11.8 Å². The molecule has 0 aromatic rings. The molecule has 4 heteroatoms. The molecule has 162 valence electrons. The molecular weight excluding hydrogens is 364 g/mol. The van der Waals surface area contributed by atoms with Crippen molar-refractivity contribution in [2.75, 3.05) is 0 Å². The Kier molecular flexibility index (Phi) is 6.76. The summed E-state index contributed by atoms with van der Waals surface area (Å²) in [4.78, 5) is 53.3. The SMILES string of the molecule is CC(C)C(=O)C1C2C=CC(C1C(=O)C(C)C)C(C(=O)C(C)(C)C)C2C(=O)C(C)C. The lowest BCUT2D eigenvalue weighted by molar-refractivity contribution is -0.158. The zero-order valence-corrected chi connectivity index (χ0v) is 19.5. The molecule has 3 rings (SSSR count). The third-order valence-corrected chi connectivity index (χ3v) is 6.72. The van der Waals surface area contributed by atoms with Crippen molar-refractivity contribution in [3.63, 3.8) is 0 Å². The highest BCUT2D eigenvalue weighted by atomic mass is 16.1. The quantitative estimate of drug-likeness (QED) is 0.586. The first kappa shape index (κ1) is 23.7. The van der Waals surface area contributed by atoms with Gasteiger partial charge in [0.25, 0.3) is 0 Å². The highest BCUT2D eigenvalue weighted by Crippen LogP contribution is 2.55. The predicted molar refractivity (Wildman–Crippen MR) is 114 cm³/mol. The molecule has 0 amide bonds. The van der Waals surface area contributed by atoms with Crippen LogP contribution in [0.25, 0.3) is 0 Å². The molecule has 0 heterocycles. The van der Waals surface area contributed by atoms with E-state index in [2.05, 4.69) is 0 Å². The number of hydrogen-bond donors (Lipinski definition) is 0. The number of carbonyl (C=O) groups excluding carboxylic acids is 4. The highest BCUT2D eigenvalue weighted by Gasteiger charge is 2.60.